The van der Waals surface area contributed by atoms with Crippen molar-refractivity contribution < 1.29 is 9.90 Å². The second-order valence-electron chi connectivity index (χ2n) is 5.96. The minimum Gasteiger partial charge on any atom is -0.508 e. The molecule has 1 saturated carbocycles. The van der Waals surface area contributed by atoms with Gasteiger partial charge in [-0.3, -0.25) is 4.79 Å². The van der Waals surface area contributed by atoms with E-state index >= 15 is 0 Å². The molecule has 0 bridgehead atoms. The highest BCUT2D eigenvalue weighted by Crippen LogP contribution is 2.27. The van der Waals surface area contributed by atoms with Gasteiger partial charge in [0.15, 0.2) is 0 Å². The monoisotopic (exact) mass is 275 g/mol. The fraction of sp³-hybridized carbons (Fsp3) is 0.588. The standard InChI is InChI=1S/C17H25NO2/c1-18(13-15-7-10-16(19)11-8-15)17(20)12-9-14-5-3-2-4-6-14/h7-8,10-11,14,19H,2-6,9,12-13H2,1H3. The molecule has 0 saturated heterocycles. The van der Waals surface area contributed by atoms with Gasteiger partial charge in [0.05, 0.1) is 0 Å². The van der Waals surface area contributed by atoms with E-state index in [-0.39, 0.29) is 11.7 Å². The van der Waals surface area contributed by atoms with Gasteiger partial charge in [-0.05, 0) is 30.0 Å². The Morgan fingerprint density at radius 2 is 1.85 bits per heavy atom. The largest absolute Gasteiger partial charge is 0.508 e. The van der Waals surface area contributed by atoms with Gasteiger partial charge in [0, 0.05) is 20.0 Å². The smallest absolute Gasteiger partial charge is 0.222 e. The predicted molar refractivity (Wildman–Crippen MR) is 80.4 cm³/mol. The zero-order valence-electron chi connectivity index (χ0n) is 12.3. The second kappa shape index (κ2) is 7.32. The van der Waals surface area contributed by atoms with Crippen molar-refractivity contribution in [2.24, 2.45) is 5.92 Å². The van der Waals surface area contributed by atoms with Crippen LogP contribution in [0.5, 0.6) is 5.75 Å². The average Bonchev–Trinajstić information content (AvgIpc) is 2.48. The molecule has 3 nitrogen and oxygen atoms in total. The van der Waals surface area contributed by atoms with Gasteiger partial charge in [-0.1, -0.05) is 44.2 Å². The molecule has 0 aromatic heterocycles. The van der Waals surface area contributed by atoms with Crippen molar-refractivity contribution in [3.05, 3.63) is 29.8 Å². The van der Waals surface area contributed by atoms with E-state index in [2.05, 4.69) is 0 Å². The van der Waals surface area contributed by atoms with Crippen LogP contribution in [0, 0.1) is 5.92 Å². The summed E-state index contributed by atoms with van der Waals surface area (Å²) in [5, 5.41) is 9.25. The fourth-order valence-corrected chi connectivity index (χ4v) is 2.96. The molecule has 1 N–H and O–H groups in total. The summed E-state index contributed by atoms with van der Waals surface area (Å²) in [4.78, 5) is 13.9. The Morgan fingerprint density at radius 1 is 1.20 bits per heavy atom. The number of carbonyl (C=O) groups is 1. The zero-order valence-corrected chi connectivity index (χ0v) is 12.3. The van der Waals surface area contributed by atoms with Crippen molar-refractivity contribution in [1.29, 1.82) is 0 Å². The number of amides is 1. The van der Waals surface area contributed by atoms with Crippen LogP contribution < -0.4 is 0 Å². The highest BCUT2D eigenvalue weighted by molar-refractivity contribution is 5.75. The van der Waals surface area contributed by atoms with Crippen LogP contribution in [0.2, 0.25) is 0 Å². The van der Waals surface area contributed by atoms with Crippen molar-refractivity contribution in [2.75, 3.05) is 7.05 Å². The molecule has 0 heterocycles. The van der Waals surface area contributed by atoms with Gasteiger partial charge in [0.25, 0.3) is 0 Å². The fourth-order valence-electron chi connectivity index (χ4n) is 2.96. The van der Waals surface area contributed by atoms with Crippen molar-refractivity contribution in [3.63, 3.8) is 0 Å². The molecular weight excluding hydrogens is 250 g/mol. The van der Waals surface area contributed by atoms with Gasteiger partial charge in [-0.25, -0.2) is 0 Å². The topological polar surface area (TPSA) is 40.5 Å². The van der Waals surface area contributed by atoms with Crippen LogP contribution in [0.4, 0.5) is 0 Å². The molecule has 20 heavy (non-hydrogen) atoms. The third kappa shape index (κ3) is 4.55. The summed E-state index contributed by atoms with van der Waals surface area (Å²) in [5.74, 6) is 1.25. The van der Waals surface area contributed by atoms with E-state index in [1.807, 2.05) is 19.2 Å². The van der Waals surface area contributed by atoms with Gasteiger partial charge < -0.3 is 10.0 Å². The number of hydrogen-bond acceptors (Lipinski definition) is 2. The van der Waals surface area contributed by atoms with Gasteiger partial charge in [0.2, 0.25) is 5.91 Å². The summed E-state index contributed by atoms with van der Waals surface area (Å²) in [7, 11) is 1.86. The highest BCUT2D eigenvalue weighted by atomic mass is 16.3. The summed E-state index contributed by atoms with van der Waals surface area (Å²) in [5.41, 5.74) is 1.05. The lowest BCUT2D eigenvalue weighted by Crippen LogP contribution is -2.26. The van der Waals surface area contributed by atoms with Crippen LogP contribution in [0.15, 0.2) is 24.3 Å². The van der Waals surface area contributed by atoms with E-state index in [4.69, 9.17) is 0 Å². The first-order valence-corrected chi connectivity index (χ1v) is 7.67. The molecule has 0 aliphatic heterocycles. The number of phenolic OH excluding ortho intramolecular Hbond substituents is 1. The van der Waals surface area contributed by atoms with Gasteiger partial charge in [-0.15, -0.1) is 0 Å². The molecule has 3 heteroatoms. The Morgan fingerprint density at radius 3 is 2.50 bits per heavy atom. The normalized spacial score (nSPS) is 16.1. The lowest BCUT2D eigenvalue weighted by atomic mass is 9.86. The van der Waals surface area contributed by atoms with E-state index < -0.39 is 0 Å². The van der Waals surface area contributed by atoms with Gasteiger partial charge in [-0.2, -0.15) is 0 Å². The van der Waals surface area contributed by atoms with E-state index in [1.54, 1.807) is 17.0 Å². The average molecular weight is 275 g/mol. The SMILES string of the molecule is CN(Cc1ccc(O)cc1)C(=O)CCC1CCCCC1. The van der Waals surface area contributed by atoms with Crippen molar-refractivity contribution in [1.82, 2.24) is 4.90 Å². The summed E-state index contributed by atoms with van der Waals surface area (Å²) >= 11 is 0. The van der Waals surface area contributed by atoms with Crippen LogP contribution in [0.3, 0.4) is 0 Å². The number of nitrogens with zero attached hydrogens (tertiary/aromatic N) is 1. The summed E-state index contributed by atoms with van der Waals surface area (Å²) in [6.07, 6.45) is 8.34. The number of aromatic hydroxyl groups is 1. The molecule has 1 amide bonds. The number of hydrogen-bond donors (Lipinski definition) is 1. The van der Waals surface area contributed by atoms with Crippen LogP contribution in [-0.4, -0.2) is 23.0 Å². The quantitative estimate of drug-likeness (QED) is 0.890. The number of rotatable bonds is 5. The highest BCUT2D eigenvalue weighted by Gasteiger charge is 2.16. The number of benzene rings is 1. The lowest BCUT2D eigenvalue weighted by molar-refractivity contribution is -0.130. The van der Waals surface area contributed by atoms with Crippen molar-refractivity contribution in [3.8, 4) is 5.75 Å². The molecule has 0 unspecified atom stereocenters. The Kier molecular flexibility index (Phi) is 5.45. The molecule has 0 radical (unpaired) electrons. The molecule has 1 aliphatic rings. The predicted octanol–water partition coefficient (Wildman–Crippen LogP) is 3.71. The maximum Gasteiger partial charge on any atom is 0.222 e. The first-order chi connectivity index (χ1) is 9.65. The lowest BCUT2D eigenvalue weighted by Gasteiger charge is -2.23. The van der Waals surface area contributed by atoms with Crippen molar-refractivity contribution in [2.45, 2.75) is 51.5 Å². The first-order valence-electron chi connectivity index (χ1n) is 7.67. The Balaban J connectivity index is 1.75. The Labute approximate surface area is 121 Å². The summed E-state index contributed by atoms with van der Waals surface area (Å²) in [6.45, 7) is 0.615. The molecule has 0 spiro atoms. The molecule has 110 valence electrons. The molecule has 1 aromatic carbocycles. The first kappa shape index (κ1) is 14.9. The number of carbonyl (C=O) groups excluding carboxylic acids is 1. The second-order valence-corrected chi connectivity index (χ2v) is 5.96. The number of phenols is 1. The molecule has 1 fully saturated rings. The third-order valence-electron chi connectivity index (χ3n) is 4.27. The third-order valence-corrected chi connectivity index (χ3v) is 4.27. The molecular formula is C17H25NO2. The van der Waals surface area contributed by atoms with Crippen LogP contribution in [-0.2, 0) is 11.3 Å². The van der Waals surface area contributed by atoms with Gasteiger partial charge >= 0.3 is 0 Å². The molecule has 0 atom stereocenters. The van der Waals surface area contributed by atoms with E-state index in [0.29, 0.717) is 13.0 Å². The van der Waals surface area contributed by atoms with E-state index in [1.165, 1.54) is 32.1 Å². The van der Waals surface area contributed by atoms with E-state index in [0.717, 1.165) is 17.9 Å². The van der Waals surface area contributed by atoms with Crippen LogP contribution >= 0.6 is 0 Å². The molecule has 1 aromatic rings. The van der Waals surface area contributed by atoms with Gasteiger partial charge in [0.1, 0.15) is 5.75 Å². The maximum atomic E-state index is 12.1. The van der Waals surface area contributed by atoms with Crippen LogP contribution in [0.25, 0.3) is 0 Å². The minimum absolute atomic E-state index is 0.226. The molecule has 2 rings (SSSR count). The summed E-state index contributed by atoms with van der Waals surface area (Å²) < 4.78 is 0. The van der Waals surface area contributed by atoms with Crippen molar-refractivity contribution >= 4 is 5.91 Å². The van der Waals surface area contributed by atoms with E-state index in [9.17, 15) is 9.90 Å². The Bertz CT molecular complexity index is 421. The molecule has 1 aliphatic carbocycles. The summed E-state index contributed by atoms with van der Waals surface area (Å²) in [6, 6.07) is 7.05. The van der Waals surface area contributed by atoms with Crippen LogP contribution in [0.1, 0.15) is 50.5 Å². The Hall–Kier alpha value is -1.51. The maximum absolute atomic E-state index is 12.1. The minimum atomic E-state index is 0.226. The zero-order chi connectivity index (χ0) is 14.4.